The van der Waals surface area contributed by atoms with E-state index >= 15 is 0 Å². The van der Waals surface area contributed by atoms with E-state index in [0.29, 0.717) is 6.67 Å². The Bertz CT molecular complexity index is 613. The van der Waals surface area contributed by atoms with E-state index in [-0.39, 0.29) is 0 Å². The van der Waals surface area contributed by atoms with Gasteiger partial charge in [0.15, 0.2) is 0 Å². The molecule has 0 saturated carbocycles. The Morgan fingerprint density at radius 1 is 0.941 bits per heavy atom. The molecule has 1 heterocycles. The van der Waals surface area contributed by atoms with Crippen LogP contribution in [0.4, 0.5) is 5.69 Å². The fraction of sp³-hybridized carbons (Fsp3) is 0.0714. The van der Waals surface area contributed by atoms with Gasteiger partial charge in [0.05, 0.1) is 11.7 Å². The number of anilines is 1. The Kier molecular flexibility index (Phi) is 2.50. The van der Waals surface area contributed by atoms with Crippen LogP contribution in [-0.4, -0.2) is 9.78 Å². The van der Waals surface area contributed by atoms with E-state index in [4.69, 9.17) is 0 Å². The van der Waals surface area contributed by atoms with Gasteiger partial charge in [-0.05, 0) is 18.2 Å². The second-order valence-corrected chi connectivity index (χ2v) is 3.90. The number of hydrogen-bond donors (Lipinski definition) is 1. The van der Waals surface area contributed by atoms with Crippen molar-refractivity contribution >= 4 is 16.6 Å². The highest BCUT2D eigenvalue weighted by atomic mass is 15.3. The number of fused-ring (bicyclic) bond motifs is 1. The van der Waals surface area contributed by atoms with Crippen molar-refractivity contribution in [1.29, 1.82) is 0 Å². The summed E-state index contributed by atoms with van der Waals surface area (Å²) < 4.78 is 1.96. The van der Waals surface area contributed by atoms with Gasteiger partial charge in [-0.1, -0.05) is 36.4 Å². The molecule has 3 rings (SSSR count). The molecule has 0 aliphatic carbocycles. The van der Waals surface area contributed by atoms with E-state index in [2.05, 4.69) is 22.5 Å². The lowest BCUT2D eigenvalue weighted by Crippen LogP contribution is -2.08. The lowest BCUT2D eigenvalue weighted by Gasteiger charge is -2.07. The molecule has 84 valence electrons. The average molecular weight is 223 g/mol. The monoisotopic (exact) mass is 223 g/mol. The van der Waals surface area contributed by atoms with E-state index in [1.165, 1.54) is 5.39 Å². The van der Waals surface area contributed by atoms with Gasteiger partial charge in [-0.15, -0.1) is 0 Å². The van der Waals surface area contributed by atoms with E-state index in [0.717, 1.165) is 11.2 Å². The van der Waals surface area contributed by atoms with Crippen molar-refractivity contribution in [3.63, 3.8) is 0 Å². The van der Waals surface area contributed by atoms with Crippen LogP contribution in [0, 0.1) is 0 Å². The average Bonchev–Trinajstić information content (AvgIpc) is 2.81. The summed E-state index contributed by atoms with van der Waals surface area (Å²) >= 11 is 0. The minimum absolute atomic E-state index is 0.678. The summed E-state index contributed by atoms with van der Waals surface area (Å²) in [6.45, 7) is 0.678. The van der Waals surface area contributed by atoms with E-state index < -0.39 is 0 Å². The number of nitrogens with one attached hydrogen (secondary N) is 1. The smallest absolute Gasteiger partial charge is 0.110 e. The molecule has 2 aromatic carbocycles. The maximum Gasteiger partial charge on any atom is 0.110 e. The van der Waals surface area contributed by atoms with Gasteiger partial charge in [0, 0.05) is 11.1 Å². The molecule has 0 atom stereocenters. The molecule has 0 bridgehead atoms. The lowest BCUT2D eigenvalue weighted by molar-refractivity contribution is 0.694. The molecule has 1 N–H and O–H groups in total. The zero-order valence-electron chi connectivity index (χ0n) is 9.38. The molecule has 3 nitrogen and oxygen atoms in total. The van der Waals surface area contributed by atoms with Crippen LogP contribution in [0.25, 0.3) is 10.9 Å². The molecular formula is C14H13N3. The minimum Gasteiger partial charge on any atom is -0.366 e. The first-order chi connectivity index (χ1) is 8.43. The standard InChI is InChI=1S/C14H13N3/c1-2-7-13(8-3-1)15-11-17-14-9-5-4-6-12(14)10-16-17/h1-10,15H,11H2. The fourth-order valence-corrected chi connectivity index (χ4v) is 1.87. The lowest BCUT2D eigenvalue weighted by atomic mass is 10.3. The van der Waals surface area contributed by atoms with E-state index in [9.17, 15) is 0 Å². The second kappa shape index (κ2) is 4.29. The SMILES string of the molecule is c1ccc(NCn2ncc3ccccc32)cc1. The zero-order valence-corrected chi connectivity index (χ0v) is 9.38. The molecule has 0 fully saturated rings. The predicted octanol–water partition coefficient (Wildman–Crippen LogP) is 3.11. The van der Waals surface area contributed by atoms with Crippen molar-refractivity contribution in [2.24, 2.45) is 0 Å². The summed E-state index contributed by atoms with van der Waals surface area (Å²) in [4.78, 5) is 0. The third kappa shape index (κ3) is 1.99. The van der Waals surface area contributed by atoms with Crippen LogP contribution in [0.3, 0.4) is 0 Å². The predicted molar refractivity (Wildman–Crippen MR) is 69.8 cm³/mol. The number of hydrogen-bond acceptors (Lipinski definition) is 2. The minimum atomic E-state index is 0.678. The van der Waals surface area contributed by atoms with Crippen molar-refractivity contribution in [1.82, 2.24) is 9.78 Å². The van der Waals surface area contributed by atoms with E-state index in [1.54, 1.807) is 0 Å². The topological polar surface area (TPSA) is 29.9 Å². The first-order valence-corrected chi connectivity index (χ1v) is 5.63. The molecule has 3 aromatic rings. The molecule has 0 aliphatic rings. The van der Waals surface area contributed by atoms with Crippen molar-refractivity contribution in [3.8, 4) is 0 Å². The molecule has 0 saturated heterocycles. The van der Waals surface area contributed by atoms with Crippen LogP contribution in [-0.2, 0) is 6.67 Å². The summed E-state index contributed by atoms with van der Waals surface area (Å²) in [7, 11) is 0. The summed E-state index contributed by atoms with van der Waals surface area (Å²) in [5.74, 6) is 0. The summed E-state index contributed by atoms with van der Waals surface area (Å²) in [5.41, 5.74) is 2.25. The van der Waals surface area contributed by atoms with Gasteiger partial charge < -0.3 is 5.32 Å². The highest BCUT2D eigenvalue weighted by molar-refractivity contribution is 5.78. The van der Waals surface area contributed by atoms with Gasteiger partial charge in [0.1, 0.15) is 6.67 Å². The number of nitrogens with zero attached hydrogens (tertiary/aromatic N) is 2. The Morgan fingerprint density at radius 3 is 2.59 bits per heavy atom. The second-order valence-electron chi connectivity index (χ2n) is 3.90. The van der Waals surface area contributed by atoms with Crippen LogP contribution in [0.5, 0.6) is 0 Å². The summed E-state index contributed by atoms with van der Waals surface area (Å²) in [5, 5.41) is 8.87. The maximum atomic E-state index is 4.36. The maximum absolute atomic E-state index is 4.36. The Morgan fingerprint density at radius 2 is 1.71 bits per heavy atom. The number of aromatic nitrogens is 2. The number of para-hydroxylation sites is 2. The fourth-order valence-electron chi connectivity index (χ4n) is 1.87. The van der Waals surface area contributed by atoms with Crippen LogP contribution < -0.4 is 5.32 Å². The molecule has 17 heavy (non-hydrogen) atoms. The third-order valence-electron chi connectivity index (χ3n) is 2.76. The normalized spacial score (nSPS) is 10.6. The number of benzene rings is 2. The van der Waals surface area contributed by atoms with Crippen LogP contribution in [0.1, 0.15) is 0 Å². The molecule has 0 unspecified atom stereocenters. The van der Waals surface area contributed by atoms with E-state index in [1.807, 2.05) is 53.3 Å². The van der Waals surface area contributed by atoms with Gasteiger partial charge in [0.25, 0.3) is 0 Å². The first-order valence-electron chi connectivity index (χ1n) is 5.63. The highest BCUT2D eigenvalue weighted by Crippen LogP contribution is 2.13. The largest absolute Gasteiger partial charge is 0.366 e. The van der Waals surface area contributed by atoms with Crippen molar-refractivity contribution in [3.05, 3.63) is 60.8 Å². The molecule has 0 radical (unpaired) electrons. The third-order valence-corrected chi connectivity index (χ3v) is 2.76. The number of rotatable bonds is 3. The molecule has 0 amide bonds. The summed E-state index contributed by atoms with van der Waals surface area (Å²) in [6.07, 6.45) is 1.89. The zero-order chi connectivity index (χ0) is 11.5. The van der Waals surface area contributed by atoms with Crippen molar-refractivity contribution < 1.29 is 0 Å². The van der Waals surface area contributed by atoms with Gasteiger partial charge in [0.2, 0.25) is 0 Å². The van der Waals surface area contributed by atoms with Crippen LogP contribution >= 0.6 is 0 Å². The van der Waals surface area contributed by atoms with Gasteiger partial charge in [-0.2, -0.15) is 5.10 Å². The summed E-state index contributed by atoms with van der Waals surface area (Å²) in [6, 6.07) is 18.3. The Labute approximate surface area is 99.7 Å². The molecular weight excluding hydrogens is 210 g/mol. The van der Waals surface area contributed by atoms with Gasteiger partial charge in [-0.3, -0.25) is 0 Å². The molecule has 0 aliphatic heterocycles. The Hall–Kier alpha value is -2.29. The first kappa shape index (κ1) is 9.90. The quantitative estimate of drug-likeness (QED) is 0.739. The van der Waals surface area contributed by atoms with Crippen LogP contribution in [0.15, 0.2) is 60.8 Å². The molecule has 1 aromatic heterocycles. The van der Waals surface area contributed by atoms with Crippen molar-refractivity contribution in [2.45, 2.75) is 6.67 Å². The van der Waals surface area contributed by atoms with Crippen molar-refractivity contribution in [2.75, 3.05) is 5.32 Å². The Balaban J connectivity index is 1.82. The van der Waals surface area contributed by atoms with Gasteiger partial charge >= 0.3 is 0 Å². The van der Waals surface area contributed by atoms with Crippen LogP contribution in [0.2, 0.25) is 0 Å². The molecule has 0 spiro atoms. The molecule has 3 heteroatoms. The highest BCUT2D eigenvalue weighted by Gasteiger charge is 2.00. The van der Waals surface area contributed by atoms with Gasteiger partial charge in [-0.25, -0.2) is 4.68 Å².